The largest absolute Gasteiger partial charge is 0.491 e. The van der Waals surface area contributed by atoms with Crippen LogP contribution in [0.1, 0.15) is 26.9 Å². The van der Waals surface area contributed by atoms with Crippen LogP contribution in [-0.2, 0) is 9.53 Å². The maximum Gasteiger partial charge on any atom is 0.259 e. The molecule has 10 nitrogen and oxygen atoms in total. The molecule has 1 aromatic heterocycles. The molecule has 1 aromatic carbocycles. The zero-order valence-electron chi connectivity index (χ0n) is 19.6. The number of benzene rings is 1. The second-order valence-electron chi connectivity index (χ2n) is 7.24. The highest BCUT2D eigenvalue weighted by Gasteiger charge is 2.31. The summed E-state index contributed by atoms with van der Waals surface area (Å²) in [7, 11) is 1.55. The molecule has 3 rings (SSSR count). The van der Waals surface area contributed by atoms with Crippen molar-refractivity contribution in [2.75, 3.05) is 40.0 Å². The second kappa shape index (κ2) is 13.0. The summed E-state index contributed by atoms with van der Waals surface area (Å²) < 4.78 is 16.9. The molecule has 0 spiro atoms. The molecule has 0 bridgehead atoms. The van der Waals surface area contributed by atoms with Gasteiger partial charge in [-0.25, -0.2) is 4.99 Å². The van der Waals surface area contributed by atoms with Crippen LogP contribution in [0.25, 0.3) is 0 Å². The number of nitrogens with one attached hydrogen (secondary N) is 2. The minimum absolute atomic E-state index is 0.0774. The Kier molecular flexibility index (Phi) is 9.85. The highest BCUT2D eigenvalue weighted by atomic mass is 127. The van der Waals surface area contributed by atoms with Gasteiger partial charge in [-0.05, 0) is 31.2 Å². The number of carbonyl (C=O) groups is 2. The number of aromatic nitrogens is 1. The summed E-state index contributed by atoms with van der Waals surface area (Å²) in [5.41, 5.74) is 1.99. The number of amides is 2. The lowest BCUT2D eigenvalue weighted by Crippen LogP contribution is -2.46. The van der Waals surface area contributed by atoms with Gasteiger partial charge in [-0.3, -0.25) is 19.9 Å². The number of carbonyl (C=O) groups excluding carboxylic acids is 2. The van der Waals surface area contributed by atoms with Crippen molar-refractivity contribution in [3.63, 3.8) is 0 Å². The Morgan fingerprint density at radius 3 is 2.77 bits per heavy atom. The highest BCUT2D eigenvalue weighted by Crippen LogP contribution is 2.47. The van der Waals surface area contributed by atoms with Gasteiger partial charge in [-0.15, -0.1) is 0 Å². The molecule has 35 heavy (non-hydrogen) atoms. The van der Waals surface area contributed by atoms with Gasteiger partial charge in [0, 0.05) is 31.0 Å². The number of methoxy groups -OCH3 is 1. The summed E-state index contributed by atoms with van der Waals surface area (Å²) in [5, 5.41) is 5.54. The number of nitrogens with zero attached hydrogens (tertiary/aromatic N) is 3. The van der Waals surface area contributed by atoms with Crippen LogP contribution >= 0.6 is 22.6 Å². The van der Waals surface area contributed by atoms with Gasteiger partial charge >= 0.3 is 0 Å². The van der Waals surface area contributed by atoms with Crippen molar-refractivity contribution >= 4 is 46.1 Å². The van der Waals surface area contributed by atoms with Crippen LogP contribution in [0.3, 0.4) is 0 Å². The summed E-state index contributed by atoms with van der Waals surface area (Å²) in [6.07, 6.45) is 4.33. The number of rotatable bonds is 11. The normalized spacial score (nSPS) is 14.4. The Bertz CT molecular complexity index is 1080. The van der Waals surface area contributed by atoms with Crippen molar-refractivity contribution in [2.24, 2.45) is 4.99 Å². The average Bonchev–Trinajstić information content (AvgIpc) is 2.88. The van der Waals surface area contributed by atoms with Gasteiger partial charge < -0.3 is 24.4 Å². The average molecular weight is 593 g/mol. The van der Waals surface area contributed by atoms with Gasteiger partial charge in [0.2, 0.25) is 11.9 Å². The van der Waals surface area contributed by atoms with Crippen molar-refractivity contribution in [3.05, 3.63) is 60.4 Å². The number of guanidine groups is 1. The SMILES string of the molecule is C=CC(=O)NCCOCCOc1ccc2c(c1OC)N=C(NC(=O)c1cccnc1)N(CC)C2I. The number of halogens is 1. The van der Waals surface area contributed by atoms with Gasteiger partial charge in [-0.1, -0.05) is 35.2 Å². The van der Waals surface area contributed by atoms with E-state index >= 15 is 0 Å². The molecule has 2 N–H and O–H groups in total. The lowest BCUT2D eigenvalue weighted by molar-refractivity contribution is -0.116. The van der Waals surface area contributed by atoms with E-state index < -0.39 is 0 Å². The monoisotopic (exact) mass is 593 g/mol. The number of pyridine rings is 1. The summed E-state index contributed by atoms with van der Waals surface area (Å²) >= 11 is 2.32. The molecular formula is C24H28IN5O5. The third-order valence-electron chi connectivity index (χ3n) is 5.06. The highest BCUT2D eigenvalue weighted by molar-refractivity contribution is 14.1. The first-order valence-electron chi connectivity index (χ1n) is 11.0. The van der Waals surface area contributed by atoms with E-state index in [2.05, 4.69) is 44.8 Å². The standard InChI is InChI=1S/C24H28IN5O5/c1-4-19(31)27-11-12-34-13-14-35-18-9-8-17-20(21(18)33-3)28-24(30(5-2)22(17)25)29-23(32)16-7-6-10-26-15-16/h4,6-10,15,22H,1,5,11-14H2,2-3H3,(H,27,31)(H,28,29,32). The molecule has 0 fully saturated rings. The van der Waals surface area contributed by atoms with Gasteiger partial charge in [0.15, 0.2) is 11.5 Å². The van der Waals surface area contributed by atoms with Crippen molar-refractivity contribution in [1.29, 1.82) is 0 Å². The van der Waals surface area contributed by atoms with E-state index in [9.17, 15) is 9.59 Å². The Morgan fingerprint density at radius 2 is 2.09 bits per heavy atom. The van der Waals surface area contributed by atoms with Crippen molar-refractivity contribution in [2.45, 2.75) is 11.0 Å². The first-order chi connectivity index (χ1) is 17.0. The zero-order chi connectivity index (χ0) is 25.2. The molecule has 1 atom stereocenters. The van der Waals surface area contributed by atoms with E-state index in [1.807, 2.05) is 24.0 Å². The van der Waals surface area contributed by atoms with Crippen LogP contribution in [0.4, 0.5) is 5.69 Å². The molecule has 0 saturated heterocycles. The number of fused-ring (bicyclic) bond motifs is 1. The van der Waals surface area contributed by atoms with Gasteiger partial charge in [0.05, 0.1) is 25.9 Å². The Morgan fingerprint density at radius 1 is 1.26 bits per heavy atom. The first kappa shape index (κ1) is 26.4. The topological polar surface area (TPSA) is 114 Å². The molecule has 186 valence electrons. The molecule has 1 aliphatic heterocycles. The quantitative estimate of drug-likeness (QED) is 0.135. The molecule has 11 heteroatoms. The predicted molar refractivity (Wildman–Crippen MR) is 140 cm³/mol. The first-order valence-corrected chi connectivity index (χ1v) is 12.3. The van der Waals surface area contributed by atoms with E-state index in [1.165, 1.54) is 12.3 Å². The van der Waals surface area contributed by atoms with Crippen LogP contribution in [0, 0.1) is 0 Å². The number of hydrogen-bond acceptors (Lipinski definition) is 8. The molecule has 0 saturated carbocycles. The lowest BCUT2D eigenvalue weighted by Gasteiger charge is -2.34. The van der Waals surface area contributed by atoms with E-state index in [-0.39, 0.29) is 22.5 Å². The third kappa shape index (κ3) is 6.69. The predicted octanol–water partition coefficient (Wildman–Crippen LogP) is 2.97. The Hall–Kier alpha value is -3.19. The fourth-order valence-electron chi connectivity index (χ4n) is 3.34. The maximum atomic E-state index is 12.8. The number of alkyl halides is 1. The molecule has 1 aliphatic rings. The molecule has 2 amide bonds. The van der Waals surface area contributed by atoms with Gasteiger partial charge in [-0.2, -0.15) is 0 Å². The fraction of sp³-hybridized carbons (Fsp3) is 0.333. The summed E-state index contributed by atoms with van der Waals surface area (Å²) in [4.78, 5) is 34.6. The van der Waals surface area contributed by atoms with Crippen LogP contribution in [0.5, 0.6) is 11.5 Å². The minimum Gasteiger partial charge on any atom is -0.491 e. The summed E-state index contributed by atoms with van der Waals surface area (Å²) in [6, 6.07) is 7.19. The van der Waals surface area contributed by atoms with Crippen molar-refractivity contribution < 1.29 is 23.8 Å². The number of aliphatic imine (C=N–C) groups is 1. The third-order valence-corrected chi connectivity index (χ3v) is 6.40. The number of ether oxygens (including phenoxy) is 3. The Balaban J connectivity index is 1.73. The van der Waals surface area contributed by atoms with Crippen LogP contribution in [-0.4, -0.2) is 67.7 Å². The van der Waals surface area contributed by atoms with E-state index in [4.69, 9.17) is 19.2 Å². The van der Waals surface area contributed by atoms with Crippen LogP contribution in [0.2, 0.25) is 0 Å². The van der Waals surface area contributed by atoms with Crippen LogP contribution < -0.4 is 20.1 Å². The molecule has 0 aliphatic carbocycles. The molecule has 2 heterocycles. The van der Waals surface area contributed by atoms with E-state index in [0.29, 0.717) is 55.0 Å². The summed E-state index contributed by atoms with van der Waals surface area (Å²) in [6.45, 7) is 7.40. The Labute approximate surface area is 217 Å². The van der Waals surface area contributed by atoms with Crippen LogP contribution in [0.15, 0.2) is 54.3 Å². The molecule has 2 aromatic rings. The van der Waals surface area contributed by atoms with Crippen molar-refractivity contribution in [1.82, 2.24) is 20.5 Å². The fourth-order valence-corrected chi connectivity index (χ4v) is 4.50. The maximum absolute atomic E-state index is 12.8. The smallest absolute Gasteiger partial charge is 0.259 e. The van der Waals surface area contributed by atoms with Gasteiger partial charge in [0.25, 0.3) is 5.91 Å². The lowest BCUT2D eigenvalue weighted by atomic mass is 10.1. The van der Waals surface area contributed by atoms with Crippen molar-refractivity contribution in [3.8, 4) is 11.5 Å². The molecule has 0 radical (unpaired) electrons. The van der Waals surface area contributed by atoms with E-state index in [1.54, 1.807) is 25.4 Å². The molecular weight excluding hydrogens is 565 g/mol. The second-order valence-corrected chi connectivity index (χ2v) is 8.42. The zero-order valence-corrected chi connectivity index (χ0v) is 21.8. The van der Waals surface area contributed by atoms with Gasteiger partial charge in [0.1, 0.15) is 16.3 Å². The minimum atomic E-state index is -0.296. The van der Waals surface area contributed by atoms with E-state index in [0.717, 1.165) is 5.56 Å². The number of hydrogen-bond donors (Lipinski definition) is 2. The summed E-state index contributed by atoms with van der Waals surface area (Å²) in [5.74, 6) is 0.885. The molecule has 1 unspecified atom stereocenters.